The van der Waals surface area contributed by atoms with Crippen LogP contribution in [0.15, 0.2) is 47.9 Å². The molecule has 32 heavy (non-hydrogen) atoms. The standard InChI is InChI=1S/C24H25N3O3S2/c1-3-11-27-22(28)20(32-24(27)31)15-18-14-17-7-5-6-8-19(17)25-21(18)26-12-9-16(10-13-26)23(29)30-4-2/h3,5-8,14-16H,1,4,9-13H2,2H3/b20-15-. The summed E-state index contributed by atoms with van der Waals surface area (Å²) in [6, 6.07) is 10.0. The molecular weight excluding hydrogens is 442 g/mol. The third kappa shape index (κ3) is 4.56. The highest BCUT2D eigenvalue weighted by atomic mass is 32.2. The van der Waals surface area contributed by atoms with E-state index in [-0.39, 0.29) is 17.8 Å². The molecule has 0 bridgehead atoms. The highest BCUT2D eigenvalue weighted by Gasteiger charge is 2.32. The van der Waals surface area contributed by atoms with E-state index in [1.54, 1.807) is 11.0 Å². The smallest absolute Gasteiger partial charge is 0.309 e. The largest absolute Gasteiger partial charge is 0.466 e. The highest BCUT2D eigenvalue weighted by Crippen LogP contribution is 2.35. The number of fused-ring (bicyclic) bond motifs is 1. The van der Waals surface area contributed by atoms with Crippen molar-refractivity contribution in [1.82, 2.24) is 9.88 Å². The minimum atomic E-state index is -0.121. The summed E-state index contributed by atoms with van der Waals surface area (Å²) in [4.78, 5) is 34.2. The molecule has 4 rings (SSSR count). The zero-order valence-electron chi connectivity index (χ0n) is 18.0. The SMILES string of the molecule is C=CCN1C(=O)/C(=C/c2cc3ccccc3nc2N2CCC(C(=O)OCC)CC2)SC1=S. The normalized spacial score (nSPS) is 18.6. The molecule has 0 unspecified atom stereocenters. The maximum absolute atomic E-state index is 12.9. The number of aromatic nitrogens is 1. The summed E-state index contributed by atoms with van der Waals surface area (Å²) in [5, 5.41) is 1.01. The van der Waals surface area contributed by atoms with Crippen molar-refractivity contribution in [3.63, 3.8) is 0 Å². The molecule has 2 fully saturated rings. The third-order valence-corrected chi connectivity index (χ3v) is 7.00. The maximum atomic E-state index is 12.9. The van der Waals surface area contributed by atoms with Gasteiger partial charge in [-0.2, -0.15) is 0 Å². The van der Waals surface area contributed by atoms with Crippen LogP contribution in [0, 0.1) is 5.92 Å². The number of thiocarbonyl (C=S) groups is 1. The average Bonchev–Trinajstić information content (AvgIpc) is 3.06. The molecule has 6 nitrogen and oxygen atoms in total. The molecule has 2 aromatic rings. The Bertz CT molecular complexity index is 1110. The fourth-order valence-corrected chi connectivity index (χ4v) is 5.26. The molecule has 0 atom stereocenters. The molecule has 1 amide bonds. The first-order valence-electron chi connectivity index (χ1n) is 10.7. The van der Waals surface area contributed by atoms with Crippen molar-refractivity contribution >= 4 is 63.0 Å². The number of hydrogen-bond acceptors (Lipinski definition) is 7. The fourth-order valence-electron chi connectivity index (χ4n) is 4.00. The van der Waals surface area contributed by atoms with Crippen molar-refractivity contribution in [2.24, 2.45) is 5.92 Å². The van der Waals surface area contributed by atoms with Crippen LogP contribution in [0.25, 0.3) is 17.0 Å². The molecule has 3 heterocycles. The second kappa shape index (κ2) is 9.83. The predicted octanol–water partition coefficient (Wildman–Crippen LogP) is 4.40. The molecule has 0 aliphatic carbocycles. The van der Waals surface area contributed by atoms with Crippen LogP contribution in [-0.4, -0.2) is 52.3 Å². The van der Waals surface area contributed by atoms with Gasteiger partial charge in [-0.1, -0.05) is 48.3 Å². The van der Waals surface area contributed by atoms with Crippen LogP contribution in [0.5, 0.6) is 0 Å². The number of nitrogens with zero attached hydrogens (tertiary/aromatic N) is 3. The lowest BCUT2D eigenvalue weighted by Gasteiger charge is -2.32. The minimum Gasteiger partial charge on any atom is -0.466 e. The van der Waals surface area contributed by atoms with E-state index in [0.29, 0.717) is 48.3 Å². The van der Waals surface area contributed by atoms with Gasteiger partial charge in [-0.05, 0) is 38.0 Å². The summed E-state index contributed by atoms with van der Waals surface area (Å²) >= 11 is 6.68. The zero-order chi connectivity index (χ0) is 22.7. The fraction of sp³-hybridized carbons (Fsp3) is 0.333. The van der Waals surface area contributed by atoms with E-state index in [9.17, 15) is 9.59 Å². The van der Waals surface area contributed by atoms with Gasteiger partial charge in [-0.25, -0.2) is 4.98 Å². The lowest BCUT2D eigenvalue weighted by atomic mass is 9.96. The van der Waals surface area contributed by atoms with E-state index < -0.39 is 0 Å². The second-order valence-electron chi connectivity index (χ2n) is 7.69. The number of carbonyl (C=O) groups is 2. The number of amides is 1. The van der Waals surface area contributed by atoms with Crippen molar-refractivity contribution in [3.8, 4) is 0 Å². The molecule has 0 spiro atoms. The Kier molecular flexibility index (Phi) is 6.91. The van der Waals surface area contributed by atoms with E-state index in [4.69, 9.17) is 21.9 Å². The second-order valence-corrected chi connectivity index (χ2v) is 9.36. The molecule has 0 radical (unpaired) electrons. The molecule has 1 aromatic heterocycles. The number of carbonyl (C=O) groups excluding carboxylic acids is 2. The van der Waals surface area contributed by atoms with Gasteiger partial charge in [0.25, 0.3) is 5.91 Å². The number of esters is 1. The first-order chi connectivity index (χ1) is 15.5. The summed E-state index contributed by atoms with van der Waals surface area (Å²) in [6.07, 6.45) is 4.99. The van der Waals surface area contributed by atoms with Crippen LogP contribution < -0.4 is 4.90 Å². The Labute approximate surface area is 197 Å². The van der Waals surface area contributed by atoms with Gasteiger partial charge < -0.3 is 9.64 Å². The van der Waals surface area contributed by atoms with Gasteiger partial charge in [0.1, 0.15) is 10.1 Å². The zero-order valence-corrected chi connectivity index (χ0v) is 19.6. The van der Waals surface area contributed by atoms with Gasteiger partial charge in [-0.15, -0.1) is 6.58 Å². The Balaban J connectivity index is 1.67. The molecule has 1 aromatic carbocycles. The Morgan fingerprint density at radius 2 is 2.09 bits per heavy atom. The van der Waals surface area contributed by atoms with Gasteiger partial charge >= 0.3 is 5.97 Å². The molecule has 166 valence electrons. The van der Waals surface area contributed by atoms with Crippen molar-refractivity contribution in [2.45, 2.75) is 19.8 Å². The minimum absolute atomic E-state index is 0.0785. The monoisotopic (exact) mass is 467 g/mol. The highest BCUT2D eigenvalue weighted by molar-refractivity contribution is 8.26. The number of piperidine rings is 1. The first-order valence-corrected chi connectivity index (χ1v) is 11.9. The number of benzene rings is 1. The van der Waals surface area contributed by atoms with Gasteiger partial charge in [-0.3, -0.25) is 14.5 Å². The molecule has 2 saturated heterocycles. The summed E-state index contributed by atoms with van der Waals surface area (Å²) < 4.78 is 5.73. The van der Waals surface area contributed by atoms with Gasteiger partial charge in [0.15, 0.2) is 0 Å². The van der Waals surface area contributed by atoms with Crippen LogP contribution in [0.4, 0.5) is 5.82 Å². The summed E-state index contributed by atoms with van der Waals surface area (Å²) in [5.41, 5.74) is 1.77. The van der Waals surface area contributed by atoms with Crippen molar-refractivity contribution in [2.75, 3.05) is 31.1 Å². The van der Waals surface area contributed by atoms with E-state index in [1.165, 1.54) is 11.8 Å². The number of ether oxygens (including phenoxy) is 1. The lowest BCUT2D eigenvalue weighted by Crippen LogP contribution is -2.37. The van der Waals surface area contributed by atoms with E-state index >= 15 is 0 Å². The van der Waals surface area contributed by atoms with Crippen LogP contribution in [0.1, 0.15) is 25.3 Å². The quantitative estimate of drug-likeness (QED) is 0.270. The Morgan fingerprint density at radius 1 is 1.34 bits per heavy atom. The van der Waals surface area contributed by atoms with E-state index in [1.807, 2.05) is 37.3 Å². The number of hydrogen-bond donors (Lipinski definition) is 0. The molecule has 0 saturated carbocycles. The van der Waals surface area contributed by atoms with Gasteiger partial charge in [0.05, 0.1) is 22.9 Å². The van der Waals surface area contributed by atoms with Crippen LogP contribution >= 0.6 is 24.0 Å². The Hall–Kier alpha value is -2.71. The molecular formula is C24H25N3O3S2. The topological polar surface area (TPSA) is 62.7 Å². The molecule has 2 aliphatic heterocycles. The van der Waals surface area contributed by atoms with Crippen molar-refractivity contribution < 1.29 is 14.3 Å². The molecule has 8 heteroatoms. The van der Waals surface area contributed by atoms with E-state index in [0.717, 1.165) is 22.3 Å². The average molecular weight is 468 g/mol. The maximum Gasteiger partial charge on any atom is 0.309 e. The molecule has 2 aliphatic rings. The number of para-hydroxylation sites is 1. The van der Waals surface area contributed by atoms with E-state index in [2.05, 4.69) is 17.5 Å². The lowest BCUT2D eigenvalue weighted by molar-refractivity contribution is -0.148. The first kappa shape index (κ1) is 22.5. The van der Waals surface area contributed by atoms with Crippen LogP contribution in [0.3, 0.4) is 0 Å². The Morgan fingerprint density at radius 3 is 2.81 bits per heavy atom. The summed E-state index contributed by atoms with van der Waals surface area (Å²) in [6.45, 7) is 7.74. The van der Waals surface area contributed by atoms with Crippen molar-refractivity contribution in [1.29, 1.82) is 0 Å². The predicted molar refractivity (Wildman–Crippen MR) is 133 cm³/mol. The van der Waals surface area contributed by atoms with Gasteiger partial charge in [0, 0.05) is 30.6 Å². The summed E-state index contributed by atoms with van der Waals surface area (Å²) in [7, 11) is 0. The number of rotatable bonds is 6. The van der Waals surface area contributed by atoms with Crippen molar-refractivity contribution in [3.05, 3.63) is 53.5 Å². The third-order valence-electron chi connectivity index (χ3n) is 5.62. The number of thioether (sulfide) groups is 1. The molecule has 0 N–H and O–H groups in total. The van der Waals surface area contributed by atoms with Crippen LogP contribution in [-0.2, 0) is 14.3 Å². The number of pyridine rings is 1. The van der Waals surface area contributed by atoms with Crippen LogP contribution in [0.2, 0.25) is 0 Å². The number of anilines is 1. The summed E-state index contributed by atoms with van der Waals surface area (Å²) in [5.74, 6) is 0.509. The van der Waals surface area contributed by atoms with Gasteiger partial charge in [0.2, 0.25) is 0 Å².